The SMILES string of the molecule is Cc1sc2ncnc(N3CCC(C(=O)NC(C)c4cnn(-c5ccc(F)cc5)c4C)CC3)c2c1C. The second-order valence-electron chi connectivity index (χ2n) is 9.23. The summed E-state index contributed by atoms with van der Waals surface area (Å²) in [5.74, 6) is 0.730. The zero-order valence-electron chi connectivity index (χ0n) is 20.4. The first-order valence-electron chi connectivity index (χ1n) is 11.9. The van der Waals surface area contributed by atoms with Crippen molar-refractivity contribution < 1.29 is 9.18 Å². The first-order valence-corrected chi connectivity index (χ1v) is 12.7. The number of carbonyl (C=O) groups is 1. The van der Waals surface area contributed by atoms with Gasteiger partial charge < -0.3 is 10.2 Å². The Hall–Kier alpha value is -3.33. The van der Waals surface area contributed by atoms with E-state index in [0.717, 1.165) is 58.9 Å². The van der Waals surface area contributed by atoms with Crippen molar-refractivity contribution in [2.45, 2.75) is 46.6 Å². The van der Waals surface area contributed by atoms with Gasteiger partial charge in [0.25, 0.3) is 0 Å². The van der Waals surface area contributed by atoms with Crippen LogP contribution in [0.4, 0.5) is 10.2 Å². The van der Waals surface area contributed by atoms with Gasteiger partial charge in [-0.3, -0.25) is 4.79 Å². The first-order chi connectivity index (χ1) is 16.8. The van der Waals surface area contributed by atoms with Crippen LogP contribution < -0.4 is 10.2 Å². The second kappa shape index (κ2) is 9.37. The number of rotatable bonds is 5. The van der Waals surface area contributed by atoms with Crippen LogP contribution in [-0.4, -0.2) is 38.7 Å². The van der Waals surface area contributed by atoms with Crippen molar-refractivity contribution in [1.29, 1.82) is 0 Å². The Bertz CT molecular complexity index is 1370. The normalized spacial score (nSPS) is 15.5. The van der Waals surface area contributed by atoms with E-state index in [4.69, 9.17) is 0 Å². The molecule has 4 aromatic rings. The fourth-order valence-corrected chi connectivity index (χ4v) is 5.85. The Balaban J connectivity index is 1.23. The predicted molar refractivity (Wildman–Crippen MR) is 137 cm³/mol. The molecule has 35 heavy (non-hydrogen) atoms. The highest BCUT2D eigenvalue weighted by molar-refractivity contribution is 7.18. The number of aromatic nitrogens is 4. The monoisotopic (exact) mass is 492 g/mol. The summed E-state index contributed by atoms with van der Waals surface area (Å²) in [7, 11) is 0. The molecule has 9 heteroatoms. The zero-order chi connectivity index (χ0) is 24.7. The minimum absolute atomic E-state index is 0.0382. The molecule has 1 unspecified atom stereocenters. The van der Waals surface area contributed by atoms with Crippen LogP contribution in [0.3, 0.4) is 0 Å². The summed E-state index contributed by atoms with van der Waals surface area (Å²) in [6.07, 6.45) is 4.97. The minimum atomic E-state index is -0.282. The van der Waals surface area contributed by atoms with Gasteiger partial charge in [0, 0.05) is 35.1 Å². The molecule has 0 spiro atoms. The fourth-order valence-electron chi connectivity index (χ4n) is 4.86. The number of benzene rings is 1. The molecule has 0 bridgehead atoms. The molecule has 1 amide bonds. The number of hydrogen-bond acceptors (Lipinski definition) is 6. The molecule has 182 valence electrons. The number of aryl methyl sites for hydroxylation is 2. The number of nitrogens with zero attached hydrogens (tertiary/aromatic N) is 5. The van der Waals surface area contributed by atoms with E-state index < -0.39 is 0 Å². The zero-order valence-corrected chi connectivity index (χ0v) is 21.2. The van der Waals surface area contributed by atoms with Crippen LogP contribution in [0.2, 0.25) is 0 Å². The van der Waals surface area contributed by atoms with Crippen molar-refractivity contribution in [3.8, 4) is 5.69 Å². The van der Waals surface area contributed by atoms with Crippen molar-refractivity contribution in [1.82, 2.24) is 25.1 Å². The van der Waals surface area contributed by atoms with Gasteiger partial charge >= 0.3 is 0 Å². The molecular formula is C26H29FN6OS. The van der Waals surface area contributed by atoms with Crippen molar-refractivity contribution in [2.75, 3.05) is 18.0 Å². The van der Waals surface area contributed by atoms with E-state index in [2.05, 4.69) is 39.1 Å². The van der Waals surface area contributed by atoms with Gasteiger partial charge in [-0.15, -0.1) is 11.3 Å². The van der Waals surface area contributed by atoms with E-state index in [-0.39, 0.29) is 23.7 Å². The molecule has 1 aromatic carbocycles. The molecule has 0 saturated carbocycles. The summed E-state index contributed by atoms with van der Waals surface area (Å²) in [6, 6.07) is 6.05. The number of piperidine rings is 1. The van der Waals surface area contributed by atoms with Crippen molar-refractivity contribution in [2.24, 2.45) is 5.92 Å². The number of carbonyl (C=O) groups excluding carboxylic acids is 1. The summed E-state index contributed by atoms with van der Waals surface area (Å²) in [5.41, 5.74) is 3.90. The molecule has 5 rings (SSSR count). The van der Waals surface area contributed by atoms with E-state index in [1.165, 1.54) is 22.6 Å². The summed E-state index contributed by atoms with van der Waals surface area (Å²) in [6.45, 7) is 9.76. The predicted octanol–water partition coefficient (Wildman–Crippen LogP) is 5.04. The van der Waals surface area contributed by atoms with Crippen LogP contribution in [0.25, 0.3) is 15.9 Å². The second-order valence-corrected chi connectivity index (χ2v) is 10.4. The molecule has 1 aliphatic rings. The van der Waals surface area contributed by atoms with Gasteiger partial charge in [-0.05, 0) is 70.4 Å². The van der Waals surface area contributed by atoms with Gasteiger partial charge in [-0.25, -0.2) is 19.0 Å². The average Bonchev–Trinajstić information content (AvgIpc) is 3.38. The lowest BCUT2D eigenvalue weighted by Gasteiger charge is -2.33. The third-order valence-electron chi connectivity index (χ3n) is 7.05. The summed E-state index contributed by atoms with van der Waals surface area (Å²) >= 11 is 1.70. The van der Waals surface area contributed by atoms with Crippen LogP contribution in [0.1, 0.15) is 47.5 Å². The number of fused-ring (bicyclic) bond motifs is 1. The highest BCUT2D eigenvalue weighted by Gasteiger charge is 2.28. The number of amides is 1. The molecule has 1 atom stereocenters. The standard InChI is InChI=1S/C26H29FN6OS/c1-15-18(4)35-26-23(15)24(28-14-29-26)32-11-9-19(10-12-32)25(34)31-16(2)22-13-30-33(17(22)3)21-7-5-20(27)6-8-21/h5-8,13-14,16,19H,9-12H2,1-4H3,(H,31,34). The molecule has 1 N–H and O–H groups in total. The molecule has 1 aliphatic heterocycles. The third-order valence-corrected chi connectivity index (χ3v) is 8.17. The highest BCUT2D eigenvalue weighted by Crippen LogP contribution is 2.35. The van der Waals surface area contributed by atoms with Crippen molar-refractivity contribution >= 4 is 33.3 Å². The van der Waals surface area contributed by atoms with E-state index in [1.807, 2.05) is 13.8 Å². The largest absolute Gasteiger partial charge is 0.356 e. The molecule has 3 aromatic heterocycles. The maximum Gasteiger partial charge on any atom is 0.223 e. The van der Waals surface area contributed by atoms with Gasteiger partial charge in [0.1, 0.15) is 22.8 Å². The van der Waals surface area contributed by atoms with Crippen molar-refractivity contribution in [3.63, 3.8) is 0 Å². The quantitative estimate of drug-likeness (QED) is 0.423. The van der Waals surface area contributed by atoms with Gasteiger partial charge in [-0.1, -0.05) is 0 Å². The Kier molecular flexibility index (Phi) is 6.27. The third kappa shape index (κ3) is 4.40. The number of hydrogen-bond donors (Lipinski definition) is 1. The Morgan fingerprint density at radius 3 is 2.57 bits per heavy atom. The van der Waals surface area contributed by atoms with E-state index in [9.17, 15) is 9.18 Å². The highest BCUT2D eigenvalue weighted by atomic mass is 32.1. The fraction of sp³-hybridized carbons (Fsp3) is 0.385. The smallest absolute Gasteiger partial charge is 0.223 e. The molecule has 0 radical (unpaired) electrons. The van der Waals surface area contributed by atoms with Gasteiger partial charge in [0.05, 0.1) is 23.3 Å². The number of nitrogens with one attached hydrogen (secondary N) is 1. The van der Waals surface area contributed by atoms with Gasteiger partial charge in [0.15, 0.2) is 0 Å². The maximum atomic E-state index is 13.3. The summed E-state index contributed by atoms with van der Waals surface area (Å²) < 4.78 is 15.0. The van der Waals surface area contributed by atoms with Crippen LogP contribution in [0, 0.1) is 32.5 Å². The maximum absolute atomic E-state index is 13.3. The summed E-state index contributed by atoms with van der Waals surface area (Å²) in [4.78, 5) is 26.7. The topological polar surface area (TPSA) is 75.9 Å². The van der Waals surface area contributed by atoms with Gasteiger partial charge in [-0.2, -0.15) is 5.10 Å². The Labute approximate surface area is 208 Å². The van der Waals surface area contributed by atoms with Crippen molar-refractivity contribution in [3.05, 3.63) is 64.3 Å². The lowest BCUT2D eigenvalue weighted by molar-refractivity contribution is -0.126. The van der Waals surface area contributed by atoms with E-state index >= 15 is 0 Å². The van der Waals surface area contributed by atoms with Crippen LogP contribution in [0.5, 0.6) is 0 Å². The average molecular weight is 493 g/mol. The Morgan fingerprint density at radius 2 is 1.86 bits per heavy atom. The lowest BCUT2D eigenvalue weighted by atomic mass is 9.95. The minimum Gasteiger partial charge on any atom is -0.356 e. The molecular weight excluding hydrogens is 463 g/mol. The lowest BCUT2D eigenvalue weighted by Crippen LogP contribution is -2.41. The van der Waals surface area contributed by atoms with E-state index in [0.29, 0.717) is 0 Å². The number of thiophene rings is 1. The van der Waals surface area contributed by atoms with Crippen LogP contribution in [0.15, 0.2) is 36.8 Å². The molecule has 4 heterocycles. The number of halogens is 1. The van der Waals surface area contributed by atoms with Gasteiger partial charge in [0.2, 0.25) is 5.91 Å². The molecule has 1 fully saturated rings. The van der Waals surface area contributed by atoms with Crippen LogP contribution >= 0.6 is 11.3 Å². The first kappa shape index (κ1) is 23.4. The molecule has 7 nitrogen and oxygen atoms in total. The summed E-state index contributed by atoms with van der Waals surface area (Å²) in [5, 5.41) is 8.78. The van der Waals surface area contributed by atoms with Crippen LogP contribution in [-0.2, 0) is 4.79 Å². The van der Waals surface area contributed by atoms with E-state index in [1.54, 1.807) is 40.7 Å². The number of anilines is 1. The Morgan fingerprint density at radius 1 is 1.14 bits per heavy atom. The molecule has 1 saturated heterocycles. The molecule has 0 aliphatic carbocycles.